The summed E-state index contributed by atoms with van der Waals surface area (Å²) in [5.74, 6) is 3.96. The normalized spacial score (nSPS) is 42.6. The highest BCUT2D eigenvalue weighted by molar-refractivity contribution is 8.13. The first-order chi connectivity index (χ1) is 8.83. The van der Waals surface area contributed by atoms with E-state index in [0.29, 0.717) is 0 Å². The van der Waals surface area contributed by atoms with E-state index >= 15 is 0 Å². The fourth-order valence-corrected chi connectivity index (χ4v) is 4.94. The molecule has 4 atom stereocenters. The summed E-state index contributed by atoms with van der Waals surface area (Å²) in [5, 5.41) is 4.95. The number of thioether (sulfide) groups is 1. The minimum absolute atomic E-state index is 0.736. The third-order valence-corrected chi connectivity index (χ3v) is 6.28. The summed E-state index contributed by atoms with van der Waals surface area (Å²) in [7, 11) is 0. The molecule has 102 valence electrons. The van der Waals surface area contributed by atoms with Crippen molar-refractivity contribution in [1.82, 2.24) is 5.32 Å². The molecule has 1 N–H and O–H groups in total. The molecule has 3 heteroatoms. The fraction of sp³-hybridized carbons (Fsp3) is 0.933. The molecule has 0 amide bonds. The molecule has 2 aliphatic carbocycles. The van der Waals surface area contributed by atoms with Crippen LogP contribution in [0.5, 0.6) is 0 Å². The SMILES string of the molecule is CC1CCCC1CN=C1NC2CCCCC2CS1. The Hall–Kier alpha value is -0.180. The monoisotopic (exact) mass is 266 g/mol. The van der Waals surface area contributed by atoms with Crippen LogP contribution in [-0.2, 0) is 0 Å². The Morgan fingerprint density at radius 2 is 2.06 bits per heavy atom. The zero-order valence-electron chi connectivity index (χ0n) is 11.5. The third-order valence-electron chi connectivity index (χ3n) is 5.16. The van der Waals surface area contributed by atoms with Gasteiger partial charge in [0.2, 0.25) is 0 Å². The second-order valence-corrected chi connectivity index (χ2v) is 7.43. The highest BCUT2D eigenvalue weighted by atomic mass is 32.2. The van der Waals surface area contributed by atoms with E-state index in [1.165, 1.54) is 55.9 Å². The van der Waals surface area contributed by atoms with Gasteiger partial charge in [-0.2, -0.15) is 0 Å². The van der Waals surface area contributed by atoms with Crippen LogP contribution >= 0.6 is 11.8 Å². The summed E-state index contributed by atoms with van der Waals surface area (Å²) in [6.07, 6.45) is 9.88. The van der Waals surface area contributed by atoms with Gasteiger partial charge in [0.05, 0.1) is 0 Å². The van der Waals surface area contributed by atoms with Gasteiger partial charge < -0.3 is 5.32 Å². The Morgan fingerprint density at radius 3 is 2.89 bits per heavy atom. The summed E-state index contributed by atoms with van der Waals surface area (Å²) in [6, 6.07) is 0.736. The van der Waals surface area contributed by atoms with Crippen LogP contribution in [-0.4, -0.2) is 23.5 Å². The number of nitrogens with zero attached hydrogens (tertiary/aromatic N) is 1. The van der Waals surface area contributed by atoms with E-state index in [9.17, 15) is 0 Å². The van der Waals surface area contributed by atoms with Crippen molar-refractivity contribution in [3.63, 3.8) is 0 Å². The Kier molecular flexibility index (Phi) is 4.17. The highest BCUT2D eigenvalue weighted by Gasteiger charge is 2.30. The van der Waals surface area contributed by atoms with Crippen LogP contribution < -0.4 is 5.32 Å². The molecular formula is C15H26N2S. The number of nitrogens with one attached hydrogen (secondary N) is 1. The molecule has 1 heterocycles. The lowest BCUT2D eigenvalue weighted by molar-refractivity contribution is 0.310. The molecular weight excluding hydrogens is 240 g/mol. The van der Waals surface area contributed by atoms with E-state index in [0.717, 1.165) is 30.3 Å². The maximum atomic E-state index is 4.88. The first kappa shape index (κ1) is 12.8. The van der Waals surface area contributed by atoms with Crippen molar-refractivity contribution >= 4 is 16.9 Å². The number of hydrogen-bond donors (Lipinski definition) is 1. The summed E-state index contributed by atoms with van der Waals surface area (Å²) < 4.78 is 0. The van der Waals surface area contributed by atoms with Gasteiger partial charge in [-0.1, -0.05) is 44.4 Å². The van der Waals surface area contributed by atoms with Crippen molar-refractivity contribution in [1.29, 1.82) is 0 Å². The molecule has 3 rings (SSSR count). The molecule has 0 bridgehead atoms. The molecule has 3 aliphatic rings. The van der Waals surface area contributed by atoms with Crippen molar-refractivity contribution in [2.75, 3.05) is 12.3 Å². The van der Waals surface area contributed by atoms with Crippen LogP contribution in [0.1, 0.15) is 51.9 Å². The van der Waals surface area contributed by atoms with Crippen molar-refractivity contribution in [2.45, 2.75) is 57.9 Å². The van der Waals surface area contributed by atoms with E-state index in [1.807, 2.05) is 11.8 Å². The molecule has 0 aromatic carbocycles. The number of aliphatic imine (C=N–C) groups is 1. The highest BCUT2D eigenvalue weighted by Crippen LogP contribution is 2.33. The maximum absolute atomic E-state index is 4.88. The second-order valence-electron chi connectivity index (χ2n) is 6.42. The van der Waals surface area contributed by atoms with E-state index < -0.39 is 0 Å². The maximum Gasteiger partial charge on any atom is 0.156 e. The van der Waals surface area contributed by atoms with Crippen molar-refractivity contribution < 1.29 is 0 Å². The van der Waals surface area contributed by atoms with E-state index in [-0.39, 0.29) is 0 Å². The lowest BCUT2D eigenvalue weighted by Crippen LogP contribution is -2.46. The van der Waals surface area contributed by atoms with Gasteiger partial charge in [0.15, 0.2) is 5.17 Å². The summed E-state index contributed by atoms with van der Waals surface area (Å²) in [6.45, 7) is 3.46. The van der Waals surface area contributed by atoms with Crippen LogP contribution in [0.15, 0.2) is 4.99 Å². The van der Waals surface area contributed by atoms with Gasteiger partial charge >= 0.3 is 0 Å². The summed E-state index contributed by atoms with van der Waals surface area (Å²) in [5.41, 5.74) is 0. The van der Waals surface area contributed by atoms with Crippen molar-refractivity contribution in [3.8, 4) is 0 Å². The summed E-state index contributed by atoms with van der Waals surface area (Å²) >= 11 is 1.97. The smallest absolute Gasteiger partial charge is 0.156 e. The minimum Gasteiger partial charge on any atom is -0.362 e. The van der Waals surface area contributed by atoms with Gasteiger partial charge in [-0.3, -0.25) is 4.99 Å². The molecule has 0 aromatic rings. The van der Waals surface area contributed by atoms with Gasteiger partial charge in [-0.15, -0.1) is 0 Å². The lowest BCUT2D eigenvalue weighted by Gasteiger charge is -2.37. The van der Waals surface area contributed by atoms with Crippen LogP contribution in [0, 0.1) is 17.8 Å². The van der Waals surface area contributed by atoms with Gasteiger partial charge in [-0.05, 0) is 37.0 Å². The average Bonchev–Trinajstić information content (AvgIpc) is 2.82. The number of fused-ring (bicyclic) bond motifs is 1. The van der Waals surface area contributed by atoms with Crippen molar-refractivity contribution in [2.24, 2.45) is 22.7 Å². The zero-order chi connectivity index (χ0) is 12.4. The Balaban J connectivity index is 1.53. The summed E-state index contributed by atoms with van der Waals surface area (Å²) in [4.78, 5) is 4.88. The van der Waals surface area contributed by atoms with E-state index in [1.54, 1.807) is 0 Å². The van der Waals surface area contributed by atoms with E-state index in [4.69, 9.17) is 4.99 Å². The molecule has 0 radical (unpaired) electrons. The van der Waals surface area contributed by atoms with Gasteiger partial charge in [0.25, 0.3) is 0 Å². The predicted octanol–water partition coefficient (Wildman–Crippen LogP) is 3.67. The topological polar surface area (TPSA) is 24.4 Å². The second kappa shape index (κ2) is 5.85. The largest absolute Gasteiger partial charge is 0.362 e. The first-order valence-electron chi connectivity index (χ1n) is 7.76. The molecule has 4 unspecified atom stereocenters. The molecule has 18 heavy (non-hydrogen) atoms. The van der Waals surface area contributed by atoms with E-state index in [2.05, 4.69) is 12.2 Å². The Bertz CT molecular complexity index is 316. The Labute approximate surface area is 115 Å². The van der Waals surface area contributed by atoms with Gasteiger partial charge in [0.1, 0.15) is 0 Å². The number of amidine groups is 1. The van der Waals surface area contributed by atoms with Crippen LogP contribution in [0.2, 0.25) is 0 Å². The molecule has 1 aliphatic heterocycles. The minimum atomic E-state index is 0.736. The fourth-order valence-electron chi connectivity index (χ4n) is 3.77. The van der Waals surface area contributed by atoms with Gasteiger partial charge in [-0.25, -0.2) is 0 Å². The first-order valence-corrected chi connectivity index (χ1v) is 8.75. The zero-order valence-corrected chi connectivity index (χ0v) is 12.3. The average molecular weight is 266 g/mol. The number of rotatable bonds is 2. The molecule has 3 fully saturated rings. The lowest BCUT2D eigenvalue weighted by atomic mass is 9.86. The predicted molar refractivity (Wildman–Crippen MR) is 80.1 cm³/mol. The van der Waals surface area contributed by atoms with Crippen molar-refractivity contribution in [3.05, 3.63) is 0 Å². The number of hydrogen-bond acceptors (Lipinski definition) is 2. The third kappa shape index (κ3) is 2.87. The van der Waals surface area contributed by atoms with Crippen LogP contribution in [0.4, 0.5) is 0 Å². The van der Waals surface area contributed by atoms with Crippen LogP contribution in [0.3, 0.4) is 0 Å². The molecule has 0 spiro atoms. The molecule has 2 nitrogen and oxygen atoms in total. The standard InChI is InChI=1S/C15H26N2S/c1-11-5-4-7-12(11)9-16-15-17-14-8-3-2-6-13(14)10-18-15/h11-14H,2-10H2,1H3,(H,16,17). The quantitative estimate of drug-likeness (QED) is 0.824. The van der Waals surface area contributed by atoms with Gasteiger partial charge in [0, 0.05) is 18.3 Å². The molecule has 0 aromatic heterocycles. The van der Waals surface area contributed by atoms with Crippen LogP contribution in [0.25, 0.3) is 0 Å². The Morgan fingerprint density at radius 1 is 1.17 bits per heavy atom. The molecule has 2 saturated carbocycles. The molecule has 1 saturated heterocycles.